The van der Waals surface area contributed by atoms with Crippen molar-refractivity contribution < 1.29 is 24.5 Å². The lowest BCUT2D eigenvalue weighted by Gasteiger charge is -2.25. The number of ether oxygens (including phenoxy) is 2. The first-order valence-electron chi connectivity index (χ1n) is 6.32. The maximum absolute atomic E-state index is 11.0. The molecule has 17 heavy (non-hydrogen) atoms. The quantitative estimate of drug-likeness (QED) is 0.771. The molecule has 5 heteroatoms. The van der Waals surface area contributed by atoms with Crippen molar-refractivity contribution in [1.29, 1.82) is 0 Å². The van der Waals surface area contributed by atoms with Gasteiger partial charge in [0, 0.05) is 6.61 Å². The van der Waals surface area contributed by atoms with E-state index >= 15 is 0 Å². The maximum atomic E-state index is 11.0. The Morgan fingerprint density at radius 2 is 2.12 bits per heavy atom. The molecule has 1 heterocycles. The Morgan fingerprint density at radius 3 is 2.76 bits per heavy atom. The Hall–Kier alpha value is -0.650. The molecule has 1 saturated heterocycles. The molecule has 2 aliphatic rings. The summed E-state index contributed by atoms with van der Waals surface area (Å²) in [5, 5.41) is 18.6. The topological polar surface area (TPSA) is 76.0 Å². The van der Waals surface area contributed by atoms with Crippen LogP contribution in [0, 0.1) is 11.8 Å². The molecule has 0 bridgehead atoms. The van der Waals surface area contributed by atoms with E-state index in [1.165, 1.54) is 0 Å². The molecule has 1 aliphatic carbocycles. The van der Waals surface area contributed by atoms with Crippen molar-refractivity contribution in [3.05, 3.63) is 0 Å². The zero-order chi connectivity index (χ0) is 12.3. The number of hydrogen-bond donors (Lipinski definition) is 2. The normalized spacial score (nSPS) is 38.2. The Kier molecular flexibility index (Phi) is 4.36. The standard InChI is InChI=1S/C12H20O5/c13-9-5-4-8(11(9)12(14)15)7-17-10-3-1-2-6-16-10/h8-11,13H,1-7H2,(H,14,15). The molecule has 0 aromatic carbocycles. The fraction of sp³-hybridized carbons (Fsp3) is 0.917. The Morgan fingerprint density at radius 1 is 1.29 bits per heavy atom. The Bertz CT molecular complexity index is 262. The Labute approximate surface area is 101 Å². The molecule has 2 fully saturated rings. The van der Waals surface area contributed by atoms with Gasteiger partial charge in [0.25, 0.3) is 0 Å². The van der Waals surface area contributed by atoms with Crippen LogP contribution in [0.2, 0.25) is 0 Å². The summed E-state index contributed by atoms with van der Waals surface area (Å²) in [6.45, 7) is 1.10. The van der Waals surface area contributed by atoms with Gasteiger partial charge in [-0.2, -0.15) is 0 Å². The molecule has 4 unspecified atom stereocenters. The van der Waals surface area contributed by atoms with E-state index in [1.54, 1.807) is 0 Å². The third-order valence-electron chi connectivity index (χ3n) is 3.67. The van der Waals surface area contributed by atoms with Crippen LogP contribution in [-0.4, -0.2) is 41.8 Å². The first-order valence-corrected chi connectivity index (χ1v) is 6.32. The van der Waals surface area contributed by atoms with Gasteiger partial charge in [0.1, 0.15) is 0 Å². The number of carboxylic acid groups (broad SMARTS) is 1. The van der Waals surface area contributed by atoms with Gasteiger partial charge in [-0.05, 0) is 38.0 Å². The SMILES string of the molecule is O=C(O)C1C(O)CCC1COC1CCCCO1. The second-order valence-electron chi connectivity index (χ2n) is 4.90. The minimum Gasteiger partial charge on any atom is -0.481 e. The van der Waals surface area contributed by atoms with Crippen LogP contribution in [0.15, 0.2) is 0 Å². The number of aliphatic hydroxyl groups is 1. The molecular formula is C12H20O5. The van der Waals surface area contributed by atoms with Gasteiger partial charge in [-0.1, -0.05) is 0 Å². The van der Waals surface area contributed by atoms with Crippen LogP contribution in [0.5, 0.6) is 0 Å². The molecule has 5 nitrogen and oxygen atoms in total. The third kappa shape index (κ3) is 3.18. The zero-order valence-electron chi connectivity index (χ0n) is 9.88. The van der Waals surface area contributed by atoms with Crippen LogP contribution < -0.4 is 0 Å². The van der Waals surface area contributed by atoms with E-state index in [-0.39, 0.29) is 12.2 Å². The van der Waals surface area contributed by atoms with Gasteiger partial charge in [0.15, 0.2) is 6.29 Å². The van der Waals surface area contributed by atoms with Crippen LogP contribution in [0.1, 0.15) is 32.1 Å². The number of aliphatic carboxylic acids is 1. The molecule has 0 aromatic rings. The van der Waals surface area contributed by atoms with Crippen molar-refractivity contribution in [2.24, 2.45) is 11.8 Å². The van der Waals surface area contributed by atoms with Crippen molar-refractivity contribution in [1.82, 2.24) is 0 Å². The van der Waals surface area contributed by atoms with Crippen LogP contribution in [0.25, 0.3) is 0 Å². The van der Waals surface area contributed by atoms with Gasteiger partial charge in [-0.15, -0.1) is 0 Å². The fourth-order valence-corrected chi connectivity index (χ4v) is 2.68. The van der Waals surface area contributed by atoms with Crippen molar-refractivity contribution in [2.45, 2.75) is 44.5 Å². The van der Waals surface area contributed by atoms with E-state index in [0.717, 1.165) is 25.9 Å². The fourth-order valence-electron chi connectivity index (χ4n) is 2.68. The van der Waals surface area contributed by atoms with Crippen molar-refractivity contribution >= 4 is 5.97 Å². The van der Waals surface area contributed by atoms with Crippen molar-refractivity contribution in [2.75, 3.05) is 13.2 Å². The van der Waals surface area contributed by atoms with Gasteiger partial charge in [-0.3, -0.25) is 4.79 Å². The monoisotopic (exact) mass is 244 g/mol. The molecule has 4 atom stereocenters. The van der Waals surface area contributed by atoms with Gasteiger partial charge < -0.3 is 19.7 Å². The molecule has 0 amide bonds. The van der Waals surface area contributed by atoms with Crippen LogP contribution in [-0.2, 0) is 14.3 Å². The average molecular weight is 244 g/mol. The van der Waals surface area contributed by atoms with Gasteiger partial charge in [0.2, 0.25) is 0 Å². The lowest BCUT2D eigenvalue weighted by Crippen LogP contribution is -2.32. The summed E-state index contributed by atoms with van der Waals surface area (Å²) in [5.41, 5.74) is 0. The predicted molar refractivity (Wildman–Crippen MR) is 59.4 cm³/mol. The smallest absolute Gasteiger partial charge is 0.309 e. The molecular weight excluding hydrogens is 224 g/mol. The minimum absolute atomic E-state index is 0.0898. The summed E-state index contributed by atoms with van der Waals surface area (Å²) in [6, 6.07) is 0. The number of rotatable bonds is 4. The van der Waals surface area contributed by atoms with Gasteiger partial charge in [-0.25, -0.2) is 0 Å². The number of carbonyl (C=O) groups is 1. The van der Waals surface area contributed by atoms with Gasteiger partial charge in [0.05, 0.1) is 18.6 Å². The third-order valence-corrected chi connectivity index (χ3v) is 3.67. The van der Waals surface area contributed by atoms with E-state index in [9.17, 15) is 9.90 Å². The molecule has 0 aromatic heterocycles. The highest BCUT2D eigenvalue weighted by Gasteiger charge is 2.40. The summed E-state index contributed by atoms with van der Waals surface area (Å²) in [7, 11) is 0. The number of hydrogen-bond acceptors (Lipinski definition) is 4. The summed E-state index contributed by atoms with van der Waals surface area (Å²) < 4.78 is 11.0. The van der Waals surface area contributed by atoms with Crippen LogP contribution in [0.3, 0.4) is 0 Å². The van der Waals surface area contributed by atoms with E-state index in [4.69, 9.17) is 14.6 Å². The van der Waals surface area contributed by atoms with E-state index < -0.39 is 18.0 Å². The van der Waals surface area contributed by atoms with E-state index in [1.807, 2.05) is 0 Å². The largest absolute Gasteiger partial charge is 0.481 e. The van der Waals surface area contributed by atoms with Crippen LogP contribution >= 0.6 is 0 Å². The summed E-state index contributed by atoms with van der Waals surface area (Å²) >= 11 is 0. The Balaban J connectivity index is 1.79. The van der Waals surface area contributed by atoms with Crippen molar-refractivity contribution in [3.63, 3.8) is 0 Å². The molecule has 98 valence electrons. The predicted octanol–water partition coefficient (Wildman–Crippen LogP) is 1.00. The second-order valence-corrected chi connectivity index (χ2v) is 4.90. The summed E-state index contributed by atoms with van der Waals surface area (Å²) in [4.78, 5) is 11.0. The maximum Gasteiger partial charge on any atom is 0.309 e. The highest BCUT2D eigenvalue weighted by molar-refractivity contribution is 5.71. The van der Waals surface area contributed by atoms with E-state index in [2.05, 4.69) is 0 Å². The molecule has 0 radical (unpaired) electrons. The van der Waals surface area contributed by atoms with E-state index in [0.29, 0.717) is 19.4 Å². The number of aliphatic hydroxyl groups excluding tert-OH is 1. The summed E-state index contributed by atoms with van der Waals surface area (Å²) in [6.07, 6.45) is 3.40. The molecule has 2 rings (SSSR count). The van der Waals surface area contributed by atoms with Crippen molar-refractivity contribution in [3.8, 4) is 0 Å². The first kappa shape index (κ1) is 12.8. The highest BCUT2D eigenvalue weighted by Crippen LogP contribution is 2.33. The molecule has 1 saturated carbocycles. The highest BCUT2D eigenvalue weighted by atomic mass is 16.7. The molecule has 0 spiro atoms. The zero-order valence-corrected chi connectivity index (χ0v) is 9.88. The lowest BCUT2D eigenvalue weighted by atomic mass is 9.96. The first-order chi connectivity index (χ1) is 8.18. The average Bonchev–Trinajstić information content (AvgIpc) is 2.69. The second kappa shape index (κ2) is 5.80. The number of carboxylic acids is 1. The lowest BCUT2D eigenvalue weighted by molar-refractivity contribution is -0.175. The molecule has 1 aliphatic heterocycles. The minimum atomic E-state index is -0.923. The van der Waals surface area contributed by atoms with Crippen LogP contribution in [0.4, 0.5) is 0 Å². The molecule has 2 N–H and O–H groups in total. The van der Waals surface area contributed by atoms with Gasteiger partial charge >= 0.3 is 5.97 Å². The summed E-state index contributed by atoms with van der Waals surface area (Å²) in [5.74, 6) is -1.69.